The predicted molar refractivity (Wildman–Crippen MR) is 90.8 cm³/mol. The van der Waals surface area contributed by atoms with Crippen molar-refractivity contribution in [1.29, 1.82) is 0 Å². The Hall–Kier alpha value is 0.501. The van der Waals surface area contributed by atoms with Gasteiger partial charge in [-0.3, -0.25) is 0 Å². The summed E-state index contributed by atoms with van der Waals surface area (Å²) in [6.07, 6.45) is 8.04. The molecule has 1 unspecified atom stereocenters. The van der Waals surface area contributed by atoms with E-state index in [0.717, 1.165) is 0 Å². The molecule has 2 aliphatic rings. The van der Waals surface area contributed by atoms with Crippen molar-refractivity contribution in [3.8, 4) is 0 Å². The molecule has 0 N–H and O–H groups in total. The van der Waals surface area contributed by atoms with Crippen LogP contribution in [0, 0.1) is 13.8 Å². The number of hydrogen-bond acceptors (Lipinski definition) is 0. The molecule has 0 nitrogen and oxygen atoms in total. The summed E-state index contributed by atoms with van der Waals surface area (Å²) >= 11 is 2.46. The number of halogens is 3. The minimum atomic E-state index is -0.195. The molecule has 0 aliphatic heterocycles. The van der Waals surface area contributed by atoms with E-state index < -0.39 is 0 Å². The van der Waals surface area contributed by atoms with Crippen molar-refractivity contribution in [3.05, 3.63) is 52.1 Å². The predicted octanol–water partition coefficient (Wildman–Crippen LogP) is -4.94. The quantitative estimate of drug-likeness (QED) is 0.418. The van der Waals surface area contributed by atoms with Crippen molar-refractivity contribution in [1.82, 2.24) is 0 Å². The largest absolute Gasteiger partial charge is 1.00 e. The Morgan fingerprint density at radius 1 is 1.08 bits per heavy atom. The van der Waals surface area contributed by atoms with Crippen LogP contribution >= 0.6 is 0 Å². The Balaban J connectivity index is 0.00000176. The Morgan fingerprint density at radius 3 is 2.42 bits per heavy atom. The molecule has 1 aromatic rings. The zero-order valence-electron chi connectivity index (χ0n) is 14.7. The van der Waals surface area contributed by atoms with Gasteiger partial charge in [0.1, 0.15) is 0 Å². The van der Waals surface area contributed by atoms with Gasteiger partial charge in [0.15, 0.2) is 0 Å². The summed E-state index contributed by atoms with van der Waals surface area (Å²) in [5, 5.41) is 1.66. The molecule has 5 heteroatoms. The zero-order chi connectivity index (χ0) is 15.0. The molecule has 3 rings (SSSR count). The molecule has 0 saturated heterocycles. The van der Waals surface area contributed by atoms with Crippen molar-refractivity contribution in [2.24, 2.45) is 0 Å². The summed E-state index contributed by atoms with van der Waals surface area (Å²) in [5.74, 6) is 0. The van der Waals surface area contributed by atoms with E-state index in [4.69, 9.17) is 0 Å². The van der Waals surface area contributed by atoms with Gasteiger partial charge in [-0.15, -0.1) is 0 Å². The SMILES string of the molecule is Cc1cccc([SiH2]CC2=CC3=C(CCCC3)[C]2(C)[Ti+3])c1C.[Cl-].[Cl-].[Cl-]. The average Bonchev–Trinajstić information content (AvgIpc) is 2.72. The second-order valence-electron chi connectivity index (χ2n) is 6.86. The molecule has 0 heterocycles. The molecule has 1 atom stereocenters. The van der Waals surface area contributed by atoms with E-state index in [1.807, 2.05) is 0 Å². The van der Waals surface area contributed by atoms with Crippen LogP contribution in [0.1, 0.15) is 43.7 Å². The van der Waals surface area contributed by atoms with Crippen LogP contribution < -0.4 is 42.4 Å². The first-order valence-electron chi connectivity index (χ1n) is 8.24. The van der Waals surface area contributed by atoms with Gasteiger partial charge in [0, 0.05) is 0 Å². The molecule has 24 heavy (non-hydrogen) atoms. The molecule has 0 amide bonds. The van der Waals surface area contributed by atoms with E-state index in [9.17, 15) is 0 Å². The standard InChI is InChI=1S/C19H25Si.3ClH.Ti/c1-13-7-6-10-19(14(13)2)20-12-17-11-16-8-4-5-9-18(16)15(17)3;;;;/h6-7,10-11H,4-5,8-9,12,20H2,1-3H3;3*1H;/q;;;;+3/p-3. The summed E-state index contributed by atoms with van der Waals surface area (Å²) < 4.78 is 0.348. The summed E-state index contributed by atoms with van der Waals surface area (Å²) in [5.41, 5.74) is 8.17. The van der Waals surface area contributed by atoms with Crippen LogP contribution in [0.15, 0.2) is 41.0 Å². The van der Waals surface area contributed by atoms with Crippen LogP contribution in [0.3, 0.4) is 0 Å². The van der Waals surface area contributed by atoms with Gasteiger partial charge in [-0.05, 0) is 0 Å². The third-order valence-corrected chi connectivity index (χ3v) is 8.55. The Kier molecular flexibility index (Phi) is 10.2. The fourth-order valence-electron chi connectivity index (χ4n) is 3.88. The van der Waals surface area contributed by atoms with Crippen LogP contribution in [0.5, 0.6) is 0 Å². The van der Waals surface area contributed by atoms with Gasteiger partial charge < -0.3 is 37.2 Å². The van der Waals surface area contributed by atoms with E-state index in [2.05, 4.69) is 65.5 Å². The van der Waals surface area contributed by atoms with Gasteiger partial charge in [-0.1, -0.05) is 0 Å². The molecule has 0 bridgehead atoms. The first kappa shape index (κ1) is 24.5. The van der Waals surface area contributed by atoms with Gasteiger partial charge >= 0.3 is 143 Å². The fourth-order valence-corrected chi connectivity index (χ4v) is 7.17. The number of aryl methyl sites for hydroxylation is 1. The molecule has 0 radical (unpaired) electrons. The molecule has 2 aliphatic carbocycles. The topological polar surface area (TPSA) is 0 Å². The first-order valence-corrected chi connectivity index (χ1v) is 10.7. The summed E-state index contributed by atoms with van der Waals surface area (Å²) in [6, 6.07) is 8.20. The second kappa shape index (κ2) is 10.00. The summed E-state index contributed by atoms with van der Waals surface area (Å²) in [4.78, 5) is 0. The van der Waals surface area contributed by atoms with Gasteiger partial charge in [-0.25, -0.2) is 0 Å². The monoisotopic (exact) mass is 434 g/mol. The Morgan fingerprint density at radius 2 is 1.75 bits per heavy atom. The van der Waals surface area contributed by atoms with Crippen molar-refractivity contribution in [2.75, 3.05) is 0 Å². The van der Waals surface area contributed by atoms with Crippen molar-refractivity contribution < 1.29 is 57.7 Å². The Labute approximate surface area is 179 Å². The van der Waals surface area contributed by atoms with Gasteiger partial charge in [0.2, 0.25) is 0 Å². The fraction of sp³-hybridized carbons (Fsp3) is 0.474. The van der Waals surface area contributed by atoms with Gasteiger partial charge in [0.05, 0.1) is 0 Å². The number of hydrogen-bond donors (Lipinski definition) is 0. The van der Waals surface area contributed by atoms with Crippen LogP contribution in [-0.2, 0) is 20.4 Å². The van der Waals surface area contributed by atoms with Crippen LogP contribution in [0.4, 0.5) is 0 Å². The number of rotatable bonds is 3. The molecule has 0 spiro atoms. The minimum absolute atomic E-state index is 0. The van der Waals surface area contributed by atoms with E-state index in [1.54, 1.807) is 27.5 Å². The first-order chi connectivity index (χ1) is 10.00. The van der Waals surface area contributed by atoms with Crippen LogP contribution in [0.2, 0.25) is 9.76 Å². The van der Waals surface area contributed by atoms with Crippen molar-refractivity contribution >= 4 is 14.7 Å². The molecule has 130 valence electrons. The summed E-state index contributed by atoms with van der Waals surface area (Å²) in [6.45, 7) is 7.01. The maximum absolute atomic E-state index is 2.58. The van der Waals surface area contributed by atoms with Crippen molar-refractivity contribution in [2.45, 2.75) is 56.2 Å². The molecule has 0 aromatic heterocycles. The third-order valence-electron chi connectivity index (χ3n) is 5.49. The average molecular weight is 436 g/mol. The van der Waals surface area contributed by atoms with Gasteiger partial charge in [-0.2, -0.15) is 0 Å². The second-order valence-corrected chi connectivity index (χ2v) is 10.2. The van der Waals surface area contributed by atoms with E-state index in [-0.39, 0.29) is 46.7 Å². The number of allylic oxidation sites excluding steroid dienone is 4. The zero-order valence-corrected chi connectivity index (χ0v) is 19.9. The number of benzene rings is 1. The maximum atomic E-state index is 2.58. The molecule has 0 saturated carbocycles. The van der Waals surface area contributed by atoms with E-state index in [0.29, 0.717) is 3.72 Å². The minimum Gasteiger partial charge on any atom is -1.00 e. The Bertz CT molecular complexity index is 635. The molecule has 0 fully saturated rings. The molecule has 1 aromatic carbocycles. The third kappa shape index (κ3) is 4.81. The van der Waals surface area contributed by atoms with E-state index >= 15 is 0 Å². The normalized spacial score (nSPS) is 22.5. The van der Waals surface area contributed by atoms with Crippen LogP contribution in [0.25, 0.3) is 0 Å². The van der Waals surface area contributed by atoms with Crippen molar-refractivity contribution in [3.63, 3.8) is 0 Å². The van der Waals surface area contributed by atoms with Crippen LogP contribution in [-0.4, -0.2) is 9.52 Å². The smallest absolute Gasteiger partial charge is 1.00 e. The summed E-state index contributed by atoms with van der Waals surface area (Å²) in [7, 11) is -0.195. The van der Waals surface area contributed by atoms with Gasteiger partial charge in [0.25, 0.3) is 0 Å². The molecular formula is C19H25Cl3SiTi. The van der Waals surface area contributed by atoms with E-state index in [1.165, 1.54) is 37.3 Å². The maximum Gasteiger partial charge on any atom is -1.00 e. The molecular weight excluding hydrogens is 411 g/mol.